The van der Waals surface area contributed by atoms with E-state index in [1.807, 2.05) is 11.7 Å². The van der Waals surface area contributed by atoms with Gasteiger partial charge in [0.25, 0.3) is 0 Å². The topological polar surface area (TPSA) is 43.8 Å². The first-order valence-corrected chi connectivity index (χ1v) is 6.07. The number of hydrogen-bond donors (Lipinski definition) is 1. The lowest BCUT2D eigenvalue weighted by Crippen LogP contribution is -1.95. The van der Waals surface area contributed by atoms with Crippen molar-refractivity contribution in [1.29, 1.82) is 0 Å². The van der Waals surface area contributed by atoms with Crippen molar-refractivity contribution in [3.63, 3.8) is 0 Å². The molecule has 0 spiro atoms. The highest BCUT2D eigenvalue weighted by Gasteiger charge is 2.21. The lowest BCUT2D eigenvalue weighted by atomic mass is 10.0. The molecular formula is C14H17N3. The number of aromatic nitrogens is 2. The summed E-state index contributed by atoms with van der Waals surface area (Å²) in [6, 6.07) is 4.34. The number of benzene rings is 1. The number of nitrogens with zero attached hydrogens (tertiary/aromatic N) is 2. The molecule has 3 heteroatoms. The van der Waals surface area contributed by atoms with Crippen LogP contribution in [0.5, 0.6) is 0 Å². The van der Waals surface area contributed by atoms with Crippen LogP contribution in [0.3, 0.4) is 0 Å². The first-order valence-electron chi connectivity index (χ1n) is 6.07. The Kier molecular flexibility index (Phi) is 2.30. The van der Waals surface area contributed by atoms with Gasteiger partial charge >= 0.3 is 0 Å². The average Bonchev–Trinajstić information content (AvgIpc) is 2.83. The fourth-order valence-electron chi connectivity index (χ4n) is 2.80. The van der Waals surface area contributed by atoms with Gasteiger partial charge < -0.3 is 5.73 Å². The van der Waals surface area contributed by atoms with Crippen LogP contribution in [0.2, 0.25) is 0 Å². The summed E-state index contributed by atoms with van der Waals surface area (Å²) in [5.74, 6) is 0. The number of aryl methyl sites for hydroxylation is 3. The third kappa shape index (κ3) is 1.42. The molecule has 0 amide bonds. The second-order valence-corrected chi connectivity index (χ2v) is 4.67. The molecule has 2 N–H and O–H groups in total. The first kappa shape index (κ1) is 10.5. The largest absolute Gasteiger partial charge is 0.327 e. The van der Waals surface area contributed by atoms with Crippen LogP contribution < -0.4 is 5.73 Å². The van der Waals surface area contributed by atoms with Crippen molar-refractivity contribution in [3.05, 3.63) is 35.0 Å². The Morgan fingerprint density at radius 2 is 2.24 bits per heavy atom. The van der Waals surface area contributed by atoms with E-state index < -0.39 is 0 Å². The van der Waals surface area contributed by atoms with Gasteiger partial charge in [-0.15, -0.1) is 0 Å². The Bertz CT molecular complexity index is 620. The highest BCUT2D eigenvalue weighted by Crippen LogP contribution is 2.38. The normalized spacial score (nSPS) is 17.0. The molecule has 1 aliphatic rings. The molecule has 0 bridgehead atoms. The van der Waals surface area contributed by atoms with Crippen LogP contribution in [-0.2, 0) is 13.5 Å². The minimum Gasteiger partial charge on any atom is -0.327 e. The lowest BCUT2D eigenvalue weighted by Gasteiger charge is -2.04. The van der Waals surface area contributed by atoms with Gasteiger partial charge in [-0.3, -0.25) is 4.68 Å². The van der Waals surface area contributed by atoms with Crippen molar-refractivity contribution in [2.75, 3.05) is 6.54 Å². The highest BCUT2D eigenvalue weighted by molar-refractivity contribution is 5.96. The second-order valence-electron chi connectivity index (χ2n) is 4.67. The zero-order valence-corrected chi connectivity index (χ0v) is 10.3. The van der Waals surface area contributed by atoms with Gasteiger partial charge in [-0.05, 0) is 42.5 Å². The third-order valence-electron chi connectivity index (χ3n) is 3.72. The van der Waals surface area contributed by atoms with Crippen LogP contribution in [0.15, 0.2) is 18.2 Å². The third-order valence-corrected chi connectivity index (χ3v) is 3.72. The zero-order valence-electron chi connectivity index (χ0n) is 10.3. The molecule has 0 atom stereocenters. The first-order chi connectivity index (χ1) is 8.22. The van der Waals surface area contributed by atoms with Crippen molar-refractivity contribution < 1.29 is 0 Å². The Balaban J connectivity index is 2.38. The van der Waals surface area contributed by atoms with E-state index in [2.05, 4.69) is 30.2 Å². The summed E-state index contributed by atoms with van der Waals surface area (Å²) in [7, 11) is 2.00. The number of nitrogens with two attached hydrogens (primary N) is 1. The van der Waals surface area contributed by atoms with Gasteiger partial charge in [-0.1, -0.05) is 12.1 Å². The van der Waals surface area contributed by atoms with E-state index >= 15 is 0 Å². The molecule has 1 aromatic carbocycles. The smallest absolute Gasteiger partial charge is 0.0932 e. The number of fused-ring (bicyclic) bond motifs is 3. The number of hydrogen-bond acceptors (Lipinski definition) is 2. The highest BCUT2D eigenvalue weighted by atomic mass is 15.3. The summed E-state index contributed by atoms with van der Waals surface area (Å²) < 4.78 is 1.96. The maximum Gasteiger partial charge on any atom is 0.0932 e. The van der Waals surface area contributed by atoms with Crippen LogP contribution >= 0.6 is 0 Å². The summed E-state index contributed by atoms with van der Waals surface area (Å²) in [6.07, 6.45) is 4.39. The summed E-state index contributed by atoms with van der Waals surface area (Å²) >= 11 is 0. The van der Waals surface area contributed by atoms with Gasteiger partial charge in [-0.2, -0.15) is 5.10 Å². The van der Waals surface area contributed by atoms with E-state index in [4.69, 9.17) is 5.73 Å². The van der Waals surface area contributed by atoms with Crippen LogP contribution in [-0.4, -0.2) is 16.3 Å². The Hall–Kier alpha value is -1.61. The average molecular weight is 227 g/mol. The maximum absolute atomic E-state index is 5.66. The molecule has 88 valence electrons. The van der Waals surface area contributed by atoms with Gasteiger partial charge in [-0.25, -0.2) is 0 Å². The molecule has 0 radical (unpaired) electrons. The van der Waals surface area contributed by atoms with E-state index in [1.54, 1.807) is 0 Å². The van der Waals surface area contributed by atoms with E-state index in [0.717, 1.165) is 18.4 Å². The predicted molar refractivity (Wildman–Crippen MR) is 70.8 cm³/mol. The molecule has 17 heavy (non-hydrogen) atoms. The fourth-order valence-corrected chi connectivity index (χ4v) is 2.80. The van der Waals surface area contributed by atoms with Crippen molar-refractivity contribution in [1.82, 2.24) is 9.78 Å². The van der Waals surface area contributed by atoms with E-state index in [1.165, 1.54) is 27.8 Å². The van der Waals surface area contributed by atoms with Crippen LogP contribution in [0, 0.1) is 6.92 Å². The fraction of sp³-hybridized carbons (Fsp3) is 0.357. The molecule has 0 unspecified atom stereocenters. The molecule has 0 saturated carbocycles. The summed E-state index contributed by atoms with van der Waals surface area (Å²) in [5, 5.41) is 5.85. The summed E-state index contributed by atoms with van der Waals surface area (Å²) in [5.41, 5.74) is 12.2. The van der Waals surface area contributed by atoms with E-state index in [9.17, 15) is 0 Å². The van der Waals surface area contributed by atoms with Gasteiger partial charge in [0.1, 0.15) is 0 Å². The standard InChI is InChI=1S/C14H17N3/c1-9-13-12(16-17(9)2)6-5-10-3-4-11(7-8-15)14(10)13/h5-7H,3-4,8,15H2,1-2H3. The Morgan fingerprint density at radius 3 is 3.00 bits per heavy atom. The van der Waals surface area contributed by atoms with Crippen molar-refractivity contribution in [2.45, 2.75) is 19.8 Å². The maximum atomic E-state index is 5.66. The van der Waals surface area contributed by atoms with E-state index in [0.29, 0.717) is 6.54 Å². The SMILES string of the molecule is Cc1c2c3c(ccc2nn1C)CCC3=CCN. The monoisotopic (exact) mass is 227 g/mol. The second kappa shape index (κ2) is 3.70. The van der Waals surface area contributed by atoms with Crippen LogP contribution in [0.1, 0.15) is 23.2 Å². The minimum atomic E-state index is 0.616. The van der Waals surface area contributed by atoms with Crippen molar-refractivity contribution in [3.8, 4) is 0 Å². The lowest BCUT2D eigenvalue weighted by molar-refractivity contribution is 0.751. The van der Waals surface area contributed by atoms with Crippen LogP contribution in [0.25, 0.3) is 16.5 Å². The summed E-state index contributed by atoms with van der Waals surface area (Å²) in [4.78, 5) is 0. The summed E-state index contributed by atoms with van der Waals surface area (Å²) in [6.45, 7) is 2.75. The minimum absolute atomic E-state index is 0.616. The Labute approximate surface area is 101 Å². The molecule has 1 heterocycles. The molecule has 0 saturated heterocycles. The van der Waals surface area contributed by atoms with E-state index in [-0.39, 0.29) is 0 Å². The van der Waals surface area contributed by atoms with Crippen LogP contribution in [0.4, 0.5) is 0 Å². The molecule has 2 aromatic rings. The molecule has 0 aliphatic heterocycles. The van der Waals surface area contributed by atoms with Crippen molar-refractivity contribution in [2.24, 2.45) is 12.8 Å². The quantitative estimate of drug-likeness (QED) is 0.811. The molecule has 1 aromatic heterocycles. The van der Waals surface area contributed by atoms with Gasteiger partial charge in [0.15, 0.2) is 0 Å². The molecule has 3 nitrogen and oxygen atoms in total. The molecule has 0 fully saturated rings. The number of allylic oxidation sites excluding steroid dienone is 1. The number of rotatable bonds is 1. The molecular weight excluding hydrogens is 210 g/mol. The van der Waals surface area contributed by atoms with Gasteiger partial charge in [0, 0.05) is 24.7 Å². The van der Waals surface area contributed by atoms with Gasteiger partial charge in [0.05, 0.1) is 5.52 Å². The molecule has 1 aliphatic carbocycles. The molecule has 3 rings (SSSR count). The van der Waals surface area contributed by atoms with Crippen molar-refractivity contribution >= 4 is 16.5 Å². The van der Waals surface area contributed by atoms with Gasteiger partial charge in [0.2, 0.25) is 0 Å². The predicted octanol–water partition coefficient (Wildman–Crippen LogP) is 2.17. The Morgan fingerprint density at radius 1 is 1.41 bits per heavy atom. The zero-order chi connectivity index (χ0) is 12.0.